The maximum atomic E-state index is 11.0. The van der Waals surface area contributed by atoms with E-state index in [1.807, 2.05) is 7.05 Å². The van der Waals surface area contributed by atoms with E-state index in [1.54, 1.807) is 6.92 Å². The molecule has 0 saturated heterocycles. The average Bonchev–Trinajstić information content (AvgIpc) is 1.78. The van der Waals surface area contributed by atoms with Crippen LogP contribution in [0.25, 0.3) is 0 Å². The van der Waals surface area contributed by atoms with Crippen molar-refractivity contribution in [3.05, 3.63) is 0 Å². The maximum absolute atomic E-state index is 11.0. The first-order chi connectivity index (χ1) is 6.18. The van der Waals surface area contributed by atoms with Gasteiger partial charge in [-0.05, 0) is 32.7 Å². The minimum Gasteiger partial charge on any atom is -0.351 e. The molecule has 2 N–H and O–H groups in total. The van der Waals surface area contributed by atoms with E-state index in [4.69, 9.17) is 0 Å². The first kappa shape index (κ1) is 13.4. The smallest absolute Gasteiger partial charge is 0.217 e. The molecule has 0 aliphatic carbocycles. The summed E-state index contributed by atoms with van der Waals surface area (Å²) >= 11 is 0. The molecule has 3 nitrogen and oxygen atoms in total. The molecule has 0 spiro atoms. The van der Waals surface area contributed by atoms with Gasteiger partial charge in [0.2, 0.25) is 5.91 Å². The molecule has 0 saturated carbocycles. The number of rotatable bonds is 5. The zero-order valence-corrected chi connectivity index (χ0v) is 10.3. The molecule has 0 bridgehead atoms. The van der Waals surface area contributed by atoms with Crippen LogP contribution in [0.2, 0.25) is 0 Å². The highest BCUT2D eigenvalue weighted by Gasteiger charge is 2.28. The fourth-order valence-corrected chi connectivity index (χ4v) is 2.26. The molecule has 0 unspecified atom stereocenters. The van der Waals surface area contributed by atoms with Gasteiger partial charge in [-0.3, -0.25) is 4.79 Å². The number of nitrogens with one attached hydrogen (secondary N) is 2. The number of hydrogen-bond donors (Lipinski definition) is 2. The Kier molecular flexibility index (Phi) is 4.59. The molecule has 0 radical (unpaired) electrons. The van der Waals surface area contributed by atoms with Crippen LogP contribution < -0.4 is 10.6 Å². The van der Waals surface area contributed by atoms with Gasteiger partial charge in [0, 0.05) is 19.0 Å². The lowest BCUT2D eigenvalue weighted by Crippen LogP contribution is -2.46. The summed E-state index contributed by atoms with van der Waals surface area (Å²) in [7, 11) is 1.95. The second kappa shape index (κ2) is 4.78. The van der Waals surface area contributed by atoms with Crippen LogP contribution in [-0.4, -0.2) is 25.0 Å². The van der Waals surface area contributed by atoms with E-state index >= 15 is 0 Å². The molecule has 14 heavy (non-hydrogen) atoms. The van der Waals surface area contributed by atoms with Gasteiger partial charge in [0.15, 0.2) is 0 Å². The highest BCUT2D eigenvalue weighted by Crippen LogP contribution is 2.26. The Balaban J connectivity index is 4.25. The van der Waals surface area contributed by atoms with E-state index in [-0.39, 0.29) is 16.9 Å². The van der Waals surface area contributed by atoms with Crippen LogP contribution in [-0.2, 0) is 4.79 Å². The minimum absolute atomic E-state index is 0.0373. The van der Waals surface area contributed by atoms with Gasteiger partial charge in [-0.25, -0.2) is 0 Å². The van der Waals surface area contributed by atoms with Crippen LogP contribution in [0.1, 0.15) is 41.0 Å². The topological polar surface area (TPSA) is 41.1 Å². The lowest BCUT2D eigenvalue weighted by Gasteiger charge is -2.35. The second-order valence-electron chi connectivity index (χ2n) is 5.44. The van der Waals surface area contributed by atoms with Gasteiger partial charge in [0.1, 0.15) is 0 Å². The van der Waals surface area contributed by atoms with Gasteiger partial charge in [0.05, 0.1) is 0 Å². The summed E-state index contributed by atoms with van der Waals surface area (Å²) in [6, 6.07) is 0. The number of amides is 1. The Morgan fingerprint density at radius 1 is 1.21 bits per heavy atom. The number of carbonyl (C=O) groups excluding carboxylic acids is 1. The predicted octanol–water partition coefficient (Wildman–Crippen LogP) is 1.54. The largest absolute Gasteiger partial charge is 0.351 e. The van der Waals surface area contributed by atoms with Crippen LogP contribution in [0.3, 0.4) is 0 Å². The van der Waals surface area contributed by atoms with Crippen molar-refractivity contribution in [3.8, 4) is 0 Å². The molecule has 0 atom stereocenters. The zero-order chi connectivity index (χ0) is 11.4. The van der Waals surface area contributed by atoms with Crippen molar-refractivity contribution in [2.24, 2.45) is 5.41 Å². The van der Waals surface area contributed by atoms with Crippen LogP contribution in [0, 0.1) is 5.41 Å². The van der Waals surface area contributed by atoms with Gasteiger partial charge in [-0.2, -0.15) is 0 Å². The number of carbonyl (C=O) groups is 1. The van der Waals surface area contributed by atoms with Crippen molar-refractivity contribution in [2.45, 2.75) is 46.6 Å². The molecule has 0 fully saturated rings. The van der Waals surface area contributed by atoms with E-state index in [0.717, 1.165) is 13.0 Å². The van der Waals surface area contributed by atoms with Crippen molar-refractivity contribution < 1.29 is 4.79 Å². The summed E-state index contributed by atoms with van der Waals surface area (Å²) in [6.07, 6.45) is 0.959. The fourth-order valence-electron chi connectivity index (χ4n) is 2.26. The molecule has 1 amide bonds. The van der Waals surface area contributed by atoms with Crippen molar-refractivity contribution in [1.82, 2.24) is 10.6 Å². The lowest BCUT2D eigenvalue weighted by atomic mass is 9.80. The third-order valence-electron chi connectivity index (χ3n) is 2.09. The van der Waals surface area contributed by atoms with Crippen molar-refractivity contribution >= 4 is 5.91 Å². The quantitative estimate of drug-likeness (QED) is 0.707. The van der Waals surface area contributed by atoms with E-state index in [1.165, 1.54) is 0 Å². The van der Waals surface area contributed by atoms with Gasteiger partial charge >= 0.3 is 0 Å². The van der Waals surface area contributed by atoms with Gasteiger partial charge in [0.25, 0.3) is 0 Å². The van der Waals surface area contributed by atoms with E-state index < -0.39 is 0 Å². The van der Waals surface area contributed by atoms with E-state index in [9.17, 15) is 4.79 Å². The van der Waals surface area contributed by atoms with Crippen LogP contribution in [0.4, 0.5) is 0 Å². The molecule has 0 rings (SSSR count). The molecular weight excluding hydrogens is 176 g/mol. The highest BCUT2D eigenvalue weighted by atomic mass is 16.1. The zero-order valence-electron chi connectivity index (χ0n) is 10.3. The summed E-state index contributed by atoms with van der Waals surface area (Å²) in [5.74, 6) is 0.0373. The van der Waals surface area contributed by atoms with E-state index in [2.05, 4.69) is 38.3 Å². The fraction of sp³-hybridized carbons (Fsp3) is 0.909. The summed E-state index contributed by atoms with van der Waals surface area (Å²) in [5.41, 5.74) is 0.0624. The molecule has 0 aliphatic rings. The Hall–Kier alpha value is -0.570. The van der Waals surface area contributed by atoms with Crippen LogP contribution in [0.5, 0.6) is 0 Å². The number of hydrogen-bond acceptors (Lipinski definition) is 2. The molecule has 0 aromatic heterocycles. The third-order valence-corrected chi connectivity index (χ3v) is 2.09. The second-order valence-corrected chi connectivity index (χ2v) is 5.44. The summed E-state index contributed by atoms with van der Waals surface area (Å²) < 4.78 is 0. The molecule has 84 valence electrons. The van der Waals surface area contributed by atoms with Crippen molar-refractivity contribution in [3.63, 3.8) is 0 Å². The molecule has 3 heteroatoms. The van der Waals surface area contributed by atoms with Gasteiger partial charge in [-0.15, -0.1) is 0 Å². The first-order valence-corrected chi connectivity index (χ1v) is 5.12. The Bertz CT molecular complexity index is 197. The predicted molar refractivity (Wildman–Crippen MR) is 60.2 cm³/mol. The molecule has 0 aromatic carbocycles. The lowest BCUT2D eigenvalue weighted by molar-refractivity contribution is -0.120. The summed E-state index contributed by atoms with van der Waals surface area (Å²) in [6.45, 7) is 11.0. The first-order valence-electron chi connectivity index (χ1n) is 5.12. The Labute approximate surface area is 87.6 Å². The summed E-state index contributed by atoms with van der Waals surface area (Å²) in [5, 5.41) is 6.14. The Morgan fingerprint density at radius 3 is 2.07 bits per heavy atom. The van der Waals surface area contributed by atoms with Crippen molar-refractivity contribution in [2.75, 3.05) is 13.6 Å². The van der Waals surface area contributed by atoms with Crippen LogP contribution in [0.15, 0.2) is 0 Å². The SMILES string of the molecule is CNCC(C)(C)CC(C)(C)NC(C)=O. The minimum atomic E-state index is -0.133. The maximum Gasteiger partial charge on any atom is 0.217 e. The molecule has 0 aromatic rings. The highest BCUT2D eigenvalue weighted by molar-refractivity contribution is 5.73. The average molecular weight is 200 g/mol. The molecule has 0 aliphatic heterocycles. The summed E-state index contributed by atoms with van der Waals surface area (Å²) in [4.78, 5) is 11.0. The van der Waals surface area contributed by atoms with Crippen molar-refractivity contribution in [1.29, 1.82) is 0 Å². The van der Waals surface area contributed by atoms with Gasteiger partial charge in [-0.1, -0.05) is 13.8 Å². The normalized spacial score (nSPS) is 12.7. The standard InChI is InChI=1S/C11H24N2O/c1-9(14)13-11(4,5)7-10(2,3)8-12-6/h12H,7-8H2,1-6H3,(H,13,14). The van der Waals surface area contributed by atoms with Crippen LogP contribution >= 0.6 is 0 Å². The monoisotopic (exact) mass is 200 g/mol. The molecular formula is C11H24N2O. The molecule has 0 heterocycles. The van der Waals surface area contributed by atoms with Gasteiger partial charge < -0.3 is 10.6 Å². The van der Waals surface area contributed by atoms with E-state index in [0.29, 0.717) is 0 Å². The Morgan fingerprint density at radius 2 is 1.71 bits per heavy atom. The third kappa shape index (κ3) is 5.97.